The van der Waals surface area contributed by atoms with E-state index >= 15 is 0 Å². The molecule has 5 heteroatoms. The van der Waals surface area contributed by atoms with Gasteiger partial charge < -0.3 is 14.5 Å². The quantitative estimate of drug-likeness (QED) is 0.758. The monoisotopic (exact) mass is 282 g/mol. The molecule has 2 heterocycles. The van der Waals surface area contributed by atoms with E-state index in [0.29, 0.717) is 24.3 Å². The van der Waals surface area contributed by atoms with Crippen LogP contribution in [0.3, 0.4) is 0 Å². The molecule has 1 unspecified atom stereocenters. The van der Waals surface area contributed by atoms with Gasteiger partial charge in [-0.3, -0.25) is 4.98 Å². The molecular weight excluding hydrogens is 268 g/mol. The van der Waals surface area contributed by atoms with E-state index in [4.69, 9.17) is 9.15 Å². The second-order valence-corrected chi connectivity index (χ2v) is 5.14. The van der Waals surface area contributed by atoms with E-state index in [-0.39, 0.29) is 6.04 Å². The number of oxazole rings is 1. The summed E-state index contributed by atoms with van der Waals surface area (Å²) in [6.45, 7) is 1.28. The second-order valence-electron chi connectivity index (χ2n) is 5.14. The largest absolute Gasteiger partial charge is 0.417 e. The first-order chi connectivity index (χ1) is 10.3. The van der Waals surface area contributed by atoms with E-state index in [9.17, 15) is 4.79 Å². The van der Waals surface area contributed by atoms with Crippen LogP contribution in [0, 0.1) is 0 Å². The standard InChI is InChI=1S/C16H14N2O3/c19-16-18-13-7-11(5-6-15(13)21-16)17-14-9-20-8-10-3-1-2-4-12(10)14/h1-7,14,17H,8-9H2,(H,18,19). The Kier molecular flexibility index (Phi) is 2.79. The fourth-order valence-corrected chi connectivity index (χ4v) is 2.74. The molecule has 0 aliphatic carbocycles. The summed E-state index contributed by atoms with van der Waals surface area (Å²) in [5.41, 5.74) is 4.63. The molecule has 2 aromatic carbocycles. The Hall–Kier alpha value is -2.53. The fourth-order valence-electron chi connectivity index (χ4n) is 2.74. The zero-order chi connectivity index (χ0) is 14.2. The Labute approximate surface area is 120 Å². The minimum Gasteiger partial charge on any atom is -0.408 e. The molecule has 0 bridgehead atoms. The van der Waals surface area contributed by atoms with Crippen LogP contribution in [-0.2, 0) is 11.3 Å². The van der Waals surface area contributed by atoms with Gasteiger partial charge in [-0.15, -0.1) is 0 Å². The molecule has 1 atom stereocenters. The van der Waals surface area contributed by atoms with Crippen molar-refractivity contribution >= 4 is 16.8 Å². The van der Waals surface area contributed by atoms with Crippen LogP contribution in [-0.4, -0.2) is 11.6 Å². The fraction of sp³-hybridized carbons (Fsp3) is 0.188. The second kappa shape index (κ2) is 4.79. The van der Waals surface area contributed by atoms with Gasteiger partial charge >= 0.3 is 5.76 Å². The third kappa shape index (κ3) is 2.21. The lowest BCUT2D eigenvalue weighted by Gasteiger charge is -2.27. The summed E-state index contributed by atoms with van der Waals surface area (Å²) in [6.07, 6.45) is 0. The van der Waals surface area contributed by atoms with Gasteiger partial charge in [0.15, 0.2) is 5.58 Å². The van der Waals surface area contributed by atoms with Crippen LogP contribution in [0.4, 0.5) is 5.69 Å². The first-order valence-corrected chi connectivity index (χ1v) is 6.84. The Morgan fingerprint density at radius 2 is 2.10 bits per heavy atom. The van der Waals surface area contributed by atoms with Crippen LogP contribution in [0.25, 0.3) is 11.1 Å². The summed E-state index contributed by atoms with van der Waals surface area (Å²) in [5, 5.41) is 3.45. The van der Waals surface area contributed by atoms with Crippen molar-refractivity contribution in [3.63, 3.8) is 0 Å². The lowest BCUT2D eigenvalue weighted by atomic mass is 9.99. The van der Waals surface area contributed by atoms with Crippen LogP contribution in [0.5, 0.6) is 0 Å². The average molecular weight is 282 g/mol. The van der Waals surface area contributed by atoms with Gasteiger partial charge in [-0.2, -0.15) is 0 Å². The summed E-state index contributed by atoms with van der Waals surface area (Å²) in [7, 11) is 0. The Morgan fingerprint density at radius 3 is 3.05 bits per heavy atom. The maximum Gasteiger partial charge on any atom is 0.417 e. The molecule has 5 nitrogen and oxygen atoms in total. The first kappa shape index (κ1) is 12.2. The number of benzene rings is 2. The lowest BCUT2D eigenvalue weighted by molar-refractivity contribution is 0.0970. The number of anilines is 1. The van der Waals surface area contributed by atoms with Crippen LogP contribution >= 0.6 is 0 Å². The molecular formula is C16H14N2O3. The number of aromatic nitrogens is 1. The molecule has 21 heavy (non-hydrogen) atoms. The van der Waals surface area contributed by atoms with E-state index in [1.54, 1.807) is 6.07 Å². The maximum absolute atomic E-state index is 11.2. The van der Waals surface area contributed by atoms with Crippen molar-refractivity contribution in [1.29, 1.82) is 0 Å². The van der Waals surface area contributed by atoms with Crippen LogP contribution in [0.15, 0.2) is 51.7 Å². The zero-order valence-corrected chi connectivity index (χ0v) is 11.3. The molecule has 0 radical (unpaired) electrons. The molecule has 4 rings (SSSR count). The maximum atomic E-state index is 11.2. The van der Waals surface area contributed by atoms with Gasteiger partial charge in [-0.05, 0) is 29.3 Å². The highest BCUT2D eigenvalue weighted by atomic mass is 16.5. The van der Waals surface area contributed by atoms with E-state index in [1.165, 1.54) is 11.1 Å². The number of nitrogens with one attached hydrogen (secondary N) is 2. The van der Waals surface area contributed by atoms with Gasteiger partial charge in [0.05, 0.1) is 24.8 Å². The number of ether oxygens (including phenoxy) is 1. The smallest absolute Gasteiger partial charge is 0.408 e. The summed E-state index contributed by atoms with van der Waals surface area (Å²) in [4.78, 5) is 13.9. The summed E-state index contributed by atoms with van der Waals surface area (Å²) >= 11 is 0. The Morgan fingerprint density at radius 1 is 1.19 bits per heavy atom. The number of fused-ring (bicyclic) bond motifs is 2. The highest BCUT2D eigenvalue weighted by Crippen LogP contribution is 2.28. The minimum atomic E-state index is -0.437. The SMILES string of the molecule is O=c1[nH]c2cc(NC3COCc4ccccc43)ccc2o1. The van der Waals surface area contributed by atoms with Crippen molar-refractivity contribution in [3.05, 3.63) is 64.1 Å². The number of rotatable bonds is 2. The van der Waals surface area contributed by atoms with E-state index in [0.717, 1.165) is 5.69 Å². The molecule has 0 saturated carbocycles. The van der Waals surface area contributed by atoms with Gasteiger partial charge in [-0.25, -0.2) is 4.79 Å². The Balaban J connectivity index is 1.67. The van der Waals surface area contributed by atoms with Crippen LogP contribution < -0.4 is 11.1 Å². The molecule has 106 valence electrons. The summed E-state index contributed by atoms with van der Waals surface area (Å²) < 4.78 is 10.6. The number of H-pyrrole nitrogens is 1. The molecule has 3 aromatic rings. The predicted molar refractivity (Wildman–Crippen MR) is 79.3 cm³/mol. The van der Waals surface area contributed by atoms with E-state index in [2.05, 4.69) is 22.4 Å². The van der Waals surface area contributed by atoms with Gasteiger partial charge in [0.25, 0.3) is 0 Å². The zero-order valence-electron chi connectivity index (χ0n) is 11.3. The highest BCUT2D eigenvalue weighted by molar-refractivity contribution is 5.77. The van der Waals surface area contributed by atoms with Gasteiger partial charge in [-0.1, -0.05) is 24.3 Å². The molecule has 1 aliphatic rings. The van der Waals surface area contributed by atoms with Crippen molar-refractivity contribution in [2.75, 3.05) is 11.9 Å². The third-order valence-corrected chi connectivity index (χ3v) is 3.73. The van der Waals surface area contributed by atoms with Crippen molar-refractivity contribution in [2.45, 2.75) is 12.6 Å². The molecule has 0 amide bonds. The molecule has 0 fully saturated rings. The van der Waals surface area contributed by atoms with Crippen LogP contribution in [0.2, 0.25) is 0 Å². The van der Waals surface area contributed by atoms with Crippen LogP contribution in [0.1, 0.15) is 17.2 Å². The topological polar surface area (TPSA) is 67.3 Å². The minimum absolute atomic E-state index is 0.103. The Bertz CT molecular complexity index is 850. The van der Waals surface area contributed by atoms with Crippen molar-refractivity contribution in [3.8, 4) is 0 Å². The number of hydrogen-bond acceptors (Lipinski definition) is 4. The van der Waals surface area contributed by atoms with Crippen molar-refractivity contribution in [1.82, 2.24) is 4.98 Å². The number of aromatic amines is 1. The molecule has 2 N–H and O–H groups in total. The first-order valence-electron chi connectivity index (χ1n) is 6.84. The normalized spacial score (nSPS) is 17.6. The highest BCUT2D eigenvalue weighted by Gasteiger charge is 2.20. The molecule has 0 saturated heterocycles. The predicted octanol–water partition coefficient (Wildman–Crippen LogP) is 2.80. The summed E-state index contributed by atoms with van der Waals surface area (Å²) in [5.74, 6) is -0.437. The number of hydrogen-bond donors (Lipinski definition) is 2. The summed E-state index contributed by atoms with van der Waals surface area (Å²) in [6, 6.07) is 13.9. The van der Waals surface area contributed by atoms with E-state index in [1.807, 2.05) is 24.3 Å². The molecule has 1 aliphatic heterocycles. The van der Waals surface area contributed by atoms with Gasteiger partial charge in [0, 0.05) is 5.69 Å². The average Bonchev–Trinajstić information content (AvgIpc) is 2.87. The van der Waals surface area contributed by atoms with Crippen molar-refractivity contribution < 1.29 is 9.15 Å². The van der Waals surface area contributed by atoms with Gasteiger partial charge in [0.1, 0.15) is 0 Å². The molecule has 1 aromatic heterocycles. The van der Waals surface area contributed by atoms with Crippen molar-refractivity contribution in [2.24, 2.45) is 0 Å². The van der Waals surface area contributed by atoms with Gasteiger partial charge in [0.2, 0.25) is 0 Å². The molecule has 0 spiro atoms. The third-order valence-electron chi connectivity index (χ3n) is 3.73. The lowest BCUT2D eigenvalue weighted by Crippen LogP contribution is -2.23. The van der Waals surface area contributed by atoms with E-state index < -0.39 is 5.76 Å².